The summed E-state index contributed by atoms with van der Waals surface area (Å²) in [5.41, 5.74) is 1.95. The molecule has 0 amide bonds. The summed E-state index contributed by atoms with van der Waals surface area (Å²) < 4.78 is 2.56. The van der Waals surface area contributed by atoms with Gasteiger partial charge in [0.25, 0.3) is 0 Å². The molecule has 0 spiro atoms. The first-order valence-corrected chi connectivity index (χ1v) is 9.22. The van der Waals surface area contributed by atoms with Crippen molar-refractivity contribution in [2.75, 3.05) is 0 Å². The minimum atomic E-state index is 0.977. The van der Waals surface area contributed by atoms with E-state index in [0.29, 0.717) is 0 Å². The van der Waals surface area contributed by atoms with Crippen molar-refractivity contribution in [2.45, 2.75) is 0 Å². The number of benzene rings is 2. The Kier molecular flexibility index (Phi) is 4.32. The van der Waals surface area contributed by atoms with Gasteiger partial charge in [-0.3, -0.25) is 9.98 Å². The minimum Gasteiger partial charge on any atom is -0.255 e. The molecule has 0 saturated heterocycles. The number of hydrogen-bond donors (Lipinski definition) is 0. The Morgan fingerprint density at radius 2 is 1.00 bits per heavy atom. The topological polar surface area (TPSA) is 24.7 Å². The minimum absolute atomic E-state index is 0.977. The molecule has 0 N–H and O–H groups in total. The molecule has 0 saturated carbocycles. The van der Waals surface area contributed by atoms with E-state index in [-0.39, 0.29) is 0 Å². The third-order valence-electron chi connectivity index (χ3n) is 3.44. The molecule has 0 unspecified atom stereocenters. The lowest BCUT2D eigenvalue weighted by atomic mass is 10.3. The van der Waals surface area contributed by atoms with E-state index in [1.807, 2.05) is 73.1 Å². The van der Waals surface area contributed by atoms with Gasteiger partial charge < -0.3 is 0 Å². The van der Waals surface area contributed by atoms with Crippen LogP contribution in [0.2, 0.25) is 0 Å². The highest BCUT2D eigenvalue weighted by atomic mass is 32.1. The number of fused-ring (bicyclic) bond motifs is 1. The number of rotatable bonds is 4. The van der Waals surface area contributed by atoms with Crippen molar-refractivity contribution in [2.24, 2.45) is 9.98 Å². The van der Waals surface area contributed by atoms with Gasteiger partial charge in [-0.15, -0.1) is 22.7 Å². The number of hydrogen-bond acceptors (Lipinski definition) is 4. The third-order valence-corrected chi connectivity index (χ3v) is 5.60. The molecule has 116 valence electrons. The van der Waals surface area contributed by atoms with Gasteiger partial charge in [0, 0.05) is 31.6 Å². The lowest BCUT2D eigenvalue weighted by molar-refractivity contribution is 1.54. The summed E-state index contributed by atoms with van der Waals surface area (Å²) in [6, 6.07) is 24.4. The molecular formula is C20H14N2S2. The molecule has 0 bridgehead atoms. The number of para-hydroxylation sites is 2. The van der Waals surface area contributed by atoms with Crippen molar-refractivity contribution < 1.29 is 0 Å². The maximum absolute atomic E-state index is 4.51. The highest BCUT2D eigenvalue weighted by molar-refractivity contribution is 7.29. The van der Waals surface area contributed by atoms with Crippen molar-refractivity contribution >= 4 is 55.9 Å². The van der Waals surface area contributed by atoms with Gasteiger partial charge in [-0.25, -0.2) is 0 Å². The fourth-order valence-electron chi connectivity index (χ4n) is 2.30. The number of thiophene rings is 2. The fourth-order valence-corrected chi connectivity index (χ4v) is 4.47. The van der Waals surface area contributed by atoms with Crippen LogP contribution in [0.5, 0.6) is 0 Å². The van der Waals surface area contributed by atoms with E-state index in [9.17, 15) is 0 Å². The lowest BCUT2D eigenvalue weighted by Gasteiger charge is -1.90. The first-order chi connectivity index (χ1) is 11.9. The van der Waals surface area contributed by atoms with Gasteiger partial charge in [0.05, 0.1) is 11.4 Å². The van der Waals surface area contributed by atoms with E-state index >= 15 is 0 Å². The Hall–Kier alpha value is -2.56. The predicted molar refractivity (Wildman–Crippen MR) is 107 cm³/mol. The van der Waals surface area contributed by atoms with Crippen LogP contribution in [-0.4, -0.2) is 12.4 Å². The molecular weight excluding hydrogens is 332 g/mol. The number of aliphatic imine (C=N–C) groups is 2. The van der Waals surface area contributed by atoms with Gasteiger partial charge in [-0.05, 0) is 36.4 Å². The smallest absolute Gasteiger partial charge is 0.0630 e. The fraction of sp³-hybridized carbons (Fsp3) is 0. The van der Waals surface area contributed by atoms with Crippen LogP contribution in [0.3, 0.4) is 0 Å². The molecule has 4 aromatic rings. The maximum atomic E-state index is 4.51. The second kappa shape index (κ2) is 6.91. The standard InChI is InChI=1S/C20H14N2S2/c1-3-7-15(8-4-1)21-13-17-11-19-20(23-17)12-18(24-19)14-22-16-9-5-2-6-10-16/h1-14H. The lowest BCUT2D eigenvalue weighted by Crippen LogP contribution is -1.72. The quantitative estimate of drug-likeness (QED) is 0.379. The Balaban J connectivity index is 1.53. The molecule has 0 atom stereocenters. The summed E-state index contributed by atoms with van der Waals surface area (Å²) in [5.74, 6) is 0. The molecule has 2 nitrogen and oxygen atoms in total. The third kappa shape index (κ3) is 3.50. The van der Waals surface area contributed by atoms with Crippen molar-refractivity contribution in [3.05, 3.63) is 82.6 Å². The first-order valence-electron chi connectivity index (χ1n) is 7.58. The zero-order chi connectivity index (χ0) is 16.2. The first kappa shape index (κ1) is 15.0. The summed E-state index contributed by atoms with van der Waals surface area (Å²) in [7, 11) is 0. The van der Waals surface area contributed by atoms with Crippen molar-refractivity contribution in [3.63, 3.8) is 0 Å². The van der Waals surface area contributed by atoms with Gasteiger partial charge >= 0.3 is 0 Å². The molecule has 0 radical (unpaired) electrons. The van der Waals surface area contributed by atoms with E-state index in [1.165, 1.54) is 19.2 Å². The van der Waals surface area contributed by atoms with E-state index in [1.54, 1.807) is 22.7 Å². The average Bonchev–Trinajstić information content (AvgIpc) is 3.18. The van der Waals surface area contributed by atoms with Gasteiger partial charge in [0.1, 0.15) is 0 Å². The average molecular weight is 346 g/mol. The highest BCUT2D eigenvalue weighted by Crippen LogP contribution is 2.32. The summed E-state index contributed by atoms with van der Waals surface area (Å²) in [6.07, 6.45) is 3.87. The van der Waals surface area contributed by atoms with Crippen molar-refractivity contribution in [1.82, 2.24) is 0 Å². The highest BCUT2D eigenvalue weighted by Gasteiger charge is 2.04. The second-order valence-electron chi connectivity index (χ2n) is 5.21. The summed E-state index contributed by atoms with van der Waals surface area (Å²) >= 11 is 3.52. The largest absolute Gasteiger partial charge is 0.255 e. The van der Waals surface area contributed by atoms with Crippen LogP contribution in [0, 0.1) is 0 Å². The van der Waals surface area contributed by atoms with Gasteiger partial charge in [-0.1, -0.05) is 36.4 Å². The molecule has 2 heterocycles. The molecule has 2 aromatic carbocycles. The summed E-state index contributed by atoms with van der Waals surface area (Å²) in [5, 5.41) is 0. The molecule has 2 aromatic heterocycles. The summed E-state index contributed by atoms with van der Waals surface area (Å²) in [6.45, 7) is 0. The van der Waals surface area contributed by atoms with E-state index < -0.39 is 0 Å². The molecule has 4 heteroatoms. The van der Waals surface area contributed by atoms with Crippen LogP contribution in [0.15, 0.2) is 82.8 Å². The van der Waals surface area contributed by atoms with E-state index in [2.05, 4.69) is 22.1 Å². The normalized spacial score (nSPS) is 11.8. The van der Waals surface area contributed by atoms with Crippen molar-refractivity contribution in [3.8, 4) is 0 Å². The van der Waals surface area contributed by atoms with Crippen molar-refractivity contribution in [1.29, 1.82) is 0 Å². The predicted octanol–water partition coefficient (Wildman–Crippen LogP) is 6.46. The Labute approximate surface area is 148 Å². The molecule has 24 heavy (non-hydrogen) atoms. The molecule has 0 aliphatic rings. The number of nitrogens with zero attached hydrogens (tertiary/aromatic N) is 2. The summed E-state index contributed by atoms with van der Waals surface area (Å²) in [4.78, 5) is 11.4. The monoisotopic (exact) mass is 346 g/mol. The molecule has 4 rings (SSSR count). The Bertz CT molecular complexity index is 885. The van der Waals surface area contributed by atoms with Crippen LogP contribution >= 0.6 is 22.7 Å². The Morgan fingerprint density at radius 1 is 0.583 bits per heavy atom. The van der Waals surface area contributed by atoms with Gasteiger partial charge in [0.15, 0.2) is 0 Å². The van der Waals surface area contributed by atoms with Crippen LogP contribution in [0.25, 0.3) is 9.40 Å². The maximum Gasteiger partial charge on any atom is 0.0630 e. The molecule has 0 aliphatic carbocycles. The van der Waals surface area contributed by atoms with Crippen LogP contribution in [0.4, 0.5) is 11.4 Å². The van der Waals surface area contributed by atoms with Gasteiger partial charge in [0.2, 0.25) is 0 Å². The SMILES string of the molecule is C(=Nc1ccccc1)c1cc2sc(C=Nc3ccccc3)cc2s1. The van der Waals surface area contributed by atoms with Crippen LogP contribution in [0.1, 0.15) is 9.75 Å². The zero-order valence-electron chi connectivity index (χ0n) is 12.8. The second-order valence-corrected chi connectivity index (χ2v) is 7.44. The van der Waals surface area contributed by atoms with Crippen LogP contribution < -0.4 is 0 Å². The Morgan fingerprint density at radius 3 is 1.42 bits per heavy atom. The van der Waals surface area contributed by atoms with Gasteiger partial charge in [-0.2, -0.15) is 0 Å². The zero-order valence-corrected chi connectivity index (χ0v) is 14.4. The van der Waals surface area contributed by atoms with E-state index in [0.717, 1.165) is 11.4 Å². The van der Waals surface area contributed by atoms with Crippen LogP contribution in [-0.2, 0) is 0 Å². The molecule has 0 aliphatic heterocycles. The molecule has 0 fully saturated rings. The van der Waals surface area contributed by atoms with E-state index in [4.69, 9.17) is 0 Å².